The van der Waals surface area contributed by atoms with Crippen LogP contribution in [0.4, 0.5) is 0 Å². The SMILES string of the molecule is CCOc1cc(C=NNC(=O)c2[nH]c3c(Cl)cc(Br)cc3c2-c2ccccc2Cl)ccc1OC(=O)c1ccc2c(c1)OCO2. The van der Waals surface area contributed by atoms with Crippen molar-refractivity contribution in [3.05, 3.63) is 104 Å². The van der Waals surface area contributed by atoms with E-state index in [1.54, 1.807) is 48.5 Å². The number of H-pyrrole nitrogens is 1. The Bertz CT molecular complexity index is 1960. The van der Waals surface area contributed by atoms with Crippen LogP contribution in [0.2, 0.25) is 10.0 Å². The third-order valence-electron chi connectivity index (χ3n) is 6.65. The van der Waals surface area contributed by atoms with Gasteiger partial charge in [-0.1, -0.05) is 57.3 Å². The number of hydrazone groups is 1. The summed E-state index contributed by atoms with van der Waals surface area (Å²) in [5.41, 5.74) is 5.54. The van der Waals surface area contributed by atoms with Crippen molar-refractivity contribution >= 4 is 68.1 Å². The third kappa shape index (κ3) is 5.96. The van der Waals surface area contributed by atoms with Gasteiger partial charge in [0.1, 0.15) is 5.69 Å². The molecule has 1 aromatic heterocycles. The van der Waals surface area contributed by atoms with Crippen LogP contribution in [0.3, 0.4) is 0 Å². The average Bonchev–Trinajstić information content (AvgIpc) is 3.63. The number of nitrogens with one attached hydrogen (secondary N) is 2. The zero-order valence-corrected chi connectivity index (χ0v) is 26.0. The largest absolute Gasteiger partial charge is 0.490 e. The number of hydrogen-bond donors (Lipinski definition) is 2. The van der Waals surface area contributed by atoms with Gasteiger partial charge < -0.3 is 23.9 Å². The molecule has 2 N–H and O–H groups in total. The highest BCUT2D eigenvalue weighted by Crippen LogP contribution is 2.40. The monoisotopic (exact) mass is 693 g/mol. The van der Waals surface area contributed by atoms with E-state index in [-0.39, 0.29) is 18.2 Å². The molecule has 0 saturated carbocycles. The third-order valence-corrected chi connectivity index (χ3v) is 7.74. The Morgan fingerprint density at radius 1 is 1.00 bits per heavy atom. The number of halogens is 3. The van der Waals surface area contributed by atoms with Crippen LogP contribution in [0.25, 0.3) is 22.0 Å². The second-order valence-corrected chi connectivity index (χ2v) is 11.2. The van der Waals surface area contributed by atoms with Crippen molar-refractivity contribution in [1.82, 2.24) is 10.4 Å². The maximum Gasteiger partial charge on any atom is 0.343 e. The topological polar surface area (TPSA) is 111 Å². The van der Waals surface area contributed by atoms with Gasteiger partial charge in [-0.05, 0) is 67.1 Å². The Labute approximate surface area is 269 Å². The summed E-state index contributed by atoms with van der Waals surface area (Å²) in [6, 6.07) is 20.6. The highest BCUT2D eigenvalue weighted by atomic mass is 79.9. The Morgan fingerprint density at radius 3 is 2.64 bits per heavy atom. The minimum Gasteiger partial charge on any atom is -0.490 e. The summed E-state index contributed by atoms with van der Waals surface area (Å²) < 4.78 is 22.7. The Kier molecular flexibility index (Phi) is 8.47. The molecule has 0 spiro atoms. The second kappa shape index (κ2) is 12.6. The van der Waals surface area contributed by atoms with E-state index in [1.165, 1.54) is 6.21 Å². The second-order valence-electron chi connectivity index (χ2n) is 9.46. The Morgan fingerprint density at radius 2 is 1.82 bits per heavy atom. The molecule has 0 saturated heterocycles. The van der Waals surface area contributed by atoms with Crippen molar-refractivity contribution in [3.8, 4) is 34.1 Å². The molecule has 1 aliphatic heterocycles. The molecule has 2 heterocycles. The predicted molar refractivity (Wildman–Crippen MR) is 172 cm³/mol. The standard InChI is InChI=1S/C32H22BrCl2N3O6/c1-2-41-26-11-17(7-9-25(26)44-32(40)18-8-10-24-27(12-18)43-16-42-24)15-36-38-31(39)30-28(20-5-3-4-6-22(20)34)21-13-19(33)14-23(35)29(21)37-30/h3-15,37H,2,16H2,1H3,(H,38,39). The molecule has 0 unspecified atom stereocenters. The molecular formula is C32H22BrCl2N3O6. The fraction of sp³-hybridized carbons (Fsp3) is 0.0938. The van der Waals surface area contributed by atoms with Gasteiger partial charge in [-0.2, -0.15) is 5.10 Å². The summed E-state index contributed by atoms with van der Waals surface area (Å²) in [7, 11) is 0. The maximum absolute atomic E-state index is 13.4. The molecule has 0 atom stereocenters. The summed E-state index contributed by atoms with van der Waals surface area (Å²) in [5, 5.41) is 5.78. The smallest absolute Gasteiger partial charge is 0.343 e. The number of fused-ring (bicyclic) bond motifs is 2. The van der Waals surface area contributed by atoms with Gasteiger partial charge in [-0.3, -0.25) is 4.79 Å². The lowest BCUT2D eigenvalue weighted by Gasteiger charge is -2.11. The molecule has 1 amide bonds. The van der Waals surface area contributed by atoms with Crippen molar-refractivity contribution in [1.29, 1.82) is 0 Å². The van der Waals surface area contributed by atoms with Crippen LogP contribution in [0.5, 0.6) is 23.0 Å². The van der Waals surface area contributed by atoms with Crippen LogP contribution in [0.15, 0.2) is 82.4 Å². The van der Waals surface area contributed by atoms with E-state index in [1.807, 2.05) is 31.2 Å². The van der Waals surface area contributed by atoms with Gasteiger partial charge in [-0.25, -0.2) is 10.2 Å². The molecular weight excluding hydrogens is 673 g/mol. The van der Waals surface area contributed by atoms with E-state index >= 15 is 0 Å². The number of amides is 1. The van der Waals surface area contributed by atoms with Gasteiger partial charge in [0.15, 0.2) is 23.0 Å². The number of carbonyl (C=O) groups excluding carboxylic acids is 2. The van der Waals surface area contributed by atoms with Crippen molar-refractivity contribution in [2.45, 2.75) is 6.92 Å². The summed E-state index contributed by atoms with van der Waals surface area (Å²) in [5.74, 6) is 0.501. The van der Waals surface area contributed by atoms with E-state index in [0.29, 0.717) is 61.7 Å². The van der Waals surface area contributed by atoms with Gasteiger partial charge >= 0.3 is 5.97 Å². The summed E-state index contributed by atoms with van der Waals surface area (Å²) >= 11 is 16.5. The van der Waals surface area contributed by atoms with Crippen LogP contribution < -0.4 is 24.4 Å². The number of aromatic nitrogens is 1. The van der Waals surface area contributed by atoms with Crippen molar-refractivity contribution in [2.24, 2.45) is 5.10 Å². The quantitative estimate of drug-likeness (QED) is 0.0737. The molecule has 0 bridgehead atoms. The molecule has 12 heteroatoms. The lowest BCUT2D eigenvalue weighted by molar-refractivity contribution is 0.0727. The zero-order valence-electron chi connectivity index (χ0n) is 23.0. The van der Waals surface area contributed by atoms with Gasteiger partial charge in [0.2, 0.25) is 6.79 Å². The highest BCUT2D eigenvalue weighted by Gasteiger charge is 2.23. The first-order valence-corrected chi connectivity index (χ1v) is 14.8. The van der Waals surface area contributed by atoms with Crippen LogP contribution in [-0.4, -0.2) is 36.5 Å². The highest BCUT2D eigenvalue weighted by molar-refractivity contribution is 9.10. The van der Waals surface area contributed by atoms with E-state index in [9.17, 15) is 9.59 Å². The molecule has 222 valence electrons. The van der Waals surface area contributed by atoms with Gasteiger partial charge in [0.05, 0.1) is 28.9 Å². The van der Waals surface area contributed by atoms with Crippen LogP contribution >= 0.6 is 39.1 Å². The fourth-order valence-electron chi connectivity index (χ4n) is 4.70. The molecule has 0 fully saturated rings. The van der Waals surface area contributed by atoms with Crippen molar-refractivity contribution in [2.75, 3.05) is 13.4 Å². The van der Waals surface area contributed by atoms with E-state index in [2.05, 4.69) is 31.4 Å². The molecule has 9 nitrogen and oxygen atoms in total. The lowest BCUT2D eigenvalue weighted by Crippen LogP contribution is -2.19. The molecule has 4 aromatic carbocycles. The molecule has 1 aliphatic rings. The number of aromatic amines is 1. The molecule has 6 rings (SSSR count). The fourth-order valence-corrected chi connectivity index (χ4v) is 5.78. The molecule has 0 aliphatic carbocycles. The minimum absolute atomic E-state index is 0.0996. The van der Waals surface area contributed by atoms with Crippen LogP contribution in [-0.2, 0) is 0 Å². The first kappa shape index (κ1) is 29.6. The number of benzene rings is 4. The summed E-state index contributed by atoms with van der Waals surface area (Å²) in [6.07, 6.45) is 1.45. The molecule has 44 heavy (non-hydrogen) atoms. The number of ether oxygens (including phenoxy) is 4. The molecule has 5 aromatic rings. The van der Waals surface area contributed by atoms with E-state index < -0.39 is 11.9 Å². The average molecular weight is 695 g/mol. The van der Waals surface area contributed by atoms with Gasteiger partial charge in [0, 0.05) is 26.0 Å². The molecule has 0 radical (unpaired) electrons. The van der Waals surface area contributed by atoms with E-state index in [4.69, 9.17) is 42.1 Å². The predicted octanol–water partition coefficient (Wildman–Crippen LogP) is 8.01. The number of rotatable bonds is 8. The van der Waals surface area contributed by atoms with Crippen molar-refractivity contribution in [3.63, 3.8) is 0 Å². The zero-order chi connectivity index (χ0) is 30.8. The van der Waals surface area contributed by atoms with E-state index in [0.717, 1.165) is 9.86 Å². The van der Waals surface area contributed by atoms with Gasteiger partial charge in [0.25, 0.3) is 5.91 Å². The van der Waals surface area contributed by atoms with Gasteiger partial charge in [-0.15, -0.1) is 0 Å². The van der Waals surface area contributed by atoms with Crippen LogP contribution in [0.1, 0.15) is 33.3 Å². The summed E-state index contributed by atoms with van der Waals surface area (Å²) in [6.45, 7) is 2.24. The summed E-state index contributed by atoms with van der Waals surface area (Å²) in [4.78, 5) is 29.4. The minimum atomic E-state index is -0.585. The van der Waals surface area contributed by atoms with Crippen LogP contribution in [0, 0.1) is 0 Å². The number of carbonyl (C=O) groups is 2. The van der Waals surface area contributed by atoms with Crippen molar-refractivity contribution < 1.29 is 28.5 Å². The Balaban J connectivity index is 1.23. The number of nitrogens with zero attached hydrogens (tertiary/aromatic N) is 1. The number of hydrogen-bond acceptors (Lipinski definition) is 7. The lowest BCUT2D eigenvalue weighted by atomic mass is 10.0. The number of esters is 1. The maximum atomic E-state index is 13.4. The first-order chi connectivity index (χ1) is 21.3. The normalized spacial score (nSPS) is 12.1. The first-order valence-electron chi connectivity index (χ1n) is 13.3. The Hall–Kier alpha value is -4.51.